The van der Waals surface area contributed by atoms with Crippen LogP contribution in [-0.2, 0) is 38.1 Å². The average molecular weight is 670 g/mol. The second-order valence-electron chi connectivity index (χ2n) is 15.2. The quantitative estimate of drug-likeness (QED) is 0.258. The Hall–Kier alpha value is -1.67. The molecule has 12 heteroatoms. The number of likely N-dealkylation sites (N-methyl/N-ethyl adjacent to an activating group) is 1. The highest BCUT2D eigenvalue weighted by molar-refractivity contribution is 6.00. The predicted molar refractivity (Wildman–Crippen MR) is 178 cm³/mol. The summed E-state index contributed by atoms with van der Waals surface area (Å²) in [7, 11) is 5.43. The molecule has 0 radical (unpaired) electrons. The number of aliphatic hydroxyl groups is 1. The van der Waals surface area contributed by atoms with Gasteiger partial charge in [0.25, 0.3) is 0 Å². The molecule has 0 spiro atoms. The van der Waals surface area contributed by atoms with E-state index in [-0.39, 0.29) is 54.2 Å². The Morgan fingerprint density at radius 3 is 2.36 bits per heavy atom. The van der Waals surface area contributed by atoms with Crippen LogP contribution in [0.15, 0.2) is 0 Å². The van der Waals surface area contributed by atoms with Gasteiger partial charge in [0.1, 0.15) is 18.1 Å². The van der Waals surface area contributed by atoms with Crippen LogP contribution in [0.25, 0.3) is 0 Å². The molecule has 47 heavy (non-hydrogen) atoms. The minimum atomic E-state index is -1.13. The highest BCUT2D eigenvalue weighted by Crippen LogP contribution is 2.41. The maximum absolute atomic E-state index is 14.2. The van der Waals surface area contributed by atoms with Crippen molar-refractivity contribution in [1.82, 2.24) is 15.5 Å². The van der Waals surface area contributed by atoms with Gasteiger partial charge in [-0.05, 0) is 73.5 Å². The van der Waals surface area contributed by atoms with Crippen molar-refractivity contribution < 1.29 is 43.2 Å². The second kappa shape index (κ2) is 16.4. The van der Waals surface area contributed by atoms with E-state index in [0.717, 1.165) is 0 Å². The van der Waals surface area contributed by atoms with Gasteiger partial charge in [-0.15, -0.1) is 0 Å². The largest absolute Gasteiger partial charge is 0.458 e. The van der Waals surface area contributed by atoms with E-state index in [4.69, 9.17) is 23.7 Å². The smallest absolute Gasteiger partial charge is 0.316 e. The van der Waals surface area contributed by atoms with Crippen molar-refractivity contribution in [3.8, 4) is 0 Å². The number of esters is 2. The molecule has 5 unspecified atom stereocenters. The first-order valence-electron chi connectivity index (χ1n) is 17.5. The standard InChI is InChI=1S/C35H63N3O9/c1-13-27-35(9)25(15-28(39)47-35)23(7)37-17-20(4)16-34(8,43-12)31(21(5)29(40)22(6)32(42)45-27)46-33-30(41)26(38(10)11)14-24(44-33)18-36-19(2)3/h19-27,30-31,33,36-37,41H,13-18H2,1-12H3/t20-,21+,22?,23-,24?,25-,26?,27-,30?,31-,33?,34-,35+/m1/s1. The normalized spacial score (nSPS) is 42.9. The maximum Gasteiger partial charge on any atom is 0.316 e. The molecule has 3 heterocycles. The van der Waals surface area contributed by atoms with E-state index in [2.05, 4.69) is 31.4 Å². The van der Waals surface area contributed by atoms with Crippen molar-refractivity contribution in [2.45, 2.75) is 148 Å². The van der Waals surface area contributed by atoms with Crippen LogP contribution in [0.4, 0.5) is 0 Å². The summed E-state index contributed by atoms with van der Waals surface area (Å²) in [5.74, 6) is -3.53. The van der Waals surface area contributed by atoms with Crippen LogP contribution in [0.3, 0.4) is 0 Å². The van der Waals surface area contributed by atoms with Crippen molar-refractivity contribution in [3.05, 3.63) is 0 Å². The SMILES string of the molecule is CC[C@H]1OC(=O)C(C)C(=O)[C@H](C)[C@@H](OC2OC(CNC(C)C)CC(N(C)C)C2O)[C@](C)(OC)C[C@@H](C)CN[C@H](C)[C@H]2CC(=O)O[C@@]21C. The summed E-state index contributed by atoms with van der Waals surface area (Å²) in [6.45, 7) is 18.3. The summed E-state index contributed by atoms with van der Waals surface area (Å²) in [6.07, 6.45) is -2.16. The fourth-order valence-electron chi connectivity index (χ4n) is 7.82. The van der Waals surface area contributed by atoms with Crippen molar-refractivity contribution in [1.29, 1.82) is 0 Å². The van der Waals surface area contributed by atoms with Crippen LogP contribution in [-0.4, -0.2) is 122 Å². The van der Waals surface area contributed by atoms with E-state index < -0.39 is 53.6 Å². The highest BCUT2D eigenvalue weighted by Gasteiger charge is 2.55. The summed E-state index contributed by atoms with van der Waals surface area (Å²) in [4.78, 5) is 42.4. The Morgan fingerprint density at radius 1 is 1.13 bits per heavy atom. The van der Waals surface area contributed by atoms with E-state index in [0.29, 0.717) is 32.4 Å². The third-order valence-corrected chi connectivity index (χ3v) is 10.8. The number of cyclic esters (lactones) is 1. The van der Waals surface area contributed by atoms with Gasteiger partial charge in [-0.2, -0.15) is 0 Å². The van der Waals surface area contributed by atoms with Crippen LogP contribution in [0.5, 0.6) is 0 Å². The molecule has 3 N–H and O–H groups in total. The average Bonchev–Trinajstić information content (AvgIpc) is 3.33. The van der Waals surface area contributed by atoms with Crippen LogP contribution in [0, 0.1) is 23.7 Å². The van der Waals surface area contributed by atoms with Gasteiger partial charge in [-0.25, -0.2) is 0 Å². The molecular weight excluding hydrogens is 606 g/mol. The molecule has 0 amide bonds. The number of hydrogen-bond donors (Lipinski definition) is 3. The van der Waals surface area contributed by atoms with Crippen LogP contribution >= 0.6 is 0 Å². The van der Waals surface area contributed by atoms with Gasteiger partial charge in [0, 0.05) is 43.6 Å². The zero-order chi connectivity index (χ0) is 35.4. The Kier molecular flexibility index (Phi) is 13.8. The van der Waals surface area contributed by atoms with Crippen LogP contribution in [0.2, 0.25) is 0 Å². The number of ketones is 1. The van der Waals surface area contributed by atoms with Crippen molar-refractivity contribution in [2.75, 3.05) is 34.3 Å². The molecule has 0 aliphatic carbocycles. The highest BCUT2D eigenvalue weighted by atomic mass is 16.7. The van der Waals surface area contributed by atoms with Gasteiger partial charge in [-0.3, -0.25) is 14.4 Å². The number of ether oxygens (including phenoxy) is 5. The minimum absolute atomic E-state index is 0.0530. The summed E-state index contributed by atoms with van der Waals surface area (Å²) in [5, 5.41) is 18.5. The number of rotatable bonds is 8. The minimum Gasteiger partial charge on any atom is -0.458 e. The zero-order valence-corrected chi connectivity index (χ0v) is 30.8. The monoisotopic (exact) mass is 669 g/mol. The number of nitrogens with one attached hydrogen (secondary N) is 2. The molecule has 13 atom stereocenters. The lowest BCUT2D eigenvalue weighted by molar-refractivity contribution is -0.297. The summed E-state index contributed by atoms with van der Waals surface area (Å²) < 4.78 is 31.2. The van der Waals surface area contributed by atoms with Crippen molar-refractivity contribution in [2.24, 2.45) is 23.7 Å². The molecular formula is C35H63N3O9. The Morgan fingerprint density at radius 2 is 1.79 bits per heavy atom. The lowest BCUT2D eigenvalue weighted by atomic mass is 9.78. The molecule has 0 aromatic rings. The van der Waals surface area contributed by atoms with E-state index in [1.165, 1.54) is 0 Å². The van der Waals surface area contributed by atoms with Gasteiger partial charge in [0.15, 0.2) is 17.7 Å². The molecule has 0 aromatic carbocycles. The molecule has 3 aliphatic heterocycles. The molecule has 3 saturated heterocycles. The molecule has 0 saturated carbocycles. The summed E-state index contributed by atoms with van der Waals surface area (Å²) in [5.41, 5.74) is -2.05. The van der Waals surface area contributed by atoms with E-state index in [1.54, 1.807) is 21.0 Å². The van der Waals surface area contributed by atoms with E-state index in [1.807, 2.05) is 46.7 Å². The lowest BCUT2D eigenvalue weighted by Crippen LogP contribution is -2.60. The molecule has 0 aromatic heterocycles. The van der Waals surface area contributed by atoms with Gasteiger partial charge in [-0.1, -0.05) is 34.6 Å². The number of carbonyl (C=O) groups excluding carboxylic acids is 3. The molecule has 0 bridgehead atoms. The number of aliphatic hydroxyl groups excluding tert-OH is 1. The molecule has 272 valence electrons. The third-order valence-electron chi connectivity index (χ3n) is 10.8. The second-order valence-corrected chi connectivity index (χ2v) is 15.2. The van der Waals surface area contributed by atoms with Gasteiger partial charge in [0.2, 0.25) is 0 Å². The van der Waals surface area contributed by atoms with Crippen LogP contribution in [0.1, 0.15) is 88.0 Å². The van der Waals surface area contributed by atoms with Gasteiger partial charge < -0.3 is 44.3 Å². The third kappa shape index (κ3) is 9.12. The molecule has 3 fully saturated rings. The molecule has 3 rings (SSSR count). The first kappa shape index (κ1) is 39.8. The number of hydrogen-bond acceptors (Lipinski definition) is 12. The van der Waals surface area contributed by atoms with Gasteiger partial charge >= 0.3 is 11.9 Å². The van der Waals surface area contributed by atoms with E-state index >= 15 is 0 Å². The maximum atomic E-state index is 14.2. The van der Waals surface area contributed by atoms with Crippen molar-refractivity contribution in [3.63, 3.8) is 0 Å². The van der Waals surface area contributed by atoms with Gasteiger partial charge in [0.05, 0.1) is 24.2 Å². The number of fused-ring (bicyclic) bond motifs is 1. The number of methoxy groups -OCH3 is 1. The summed E-state index contributed by atoms with van der Waals surface area (Å²) >= 11 is 0. The zero-order valence-electron chi connectivity index (χ0n) is 30.8. The first-order valence-corrected chi connectivity index (χ1v) is 17.5. The lowest BCUT2D eigenvalue weighted by Gasteiger charge is -2.47. The number of nitrogens with zero attached hydrogens (tertiary/aromatic N) is 1. The summed E-state index contributed by atoms with van der Waals surface area (Å²) in [6, 6.07) is -0.119. The van der Waals surface area contributed by atoms with Crippen LogP contribution < -0.4 is 10.6 Å². The number of Topliss-reactive ketones (excluding diaryl/α,β-unsaturated/α-hetero) is 1. The fourth-order valence-corrected chi connectivity index (χ4v) is 7.82. The molecule has 3 aliphatic rings. The predicted octanol–water partition coefficient (Wildman–Crippen LogP) is 2.68. The fraction of sp³-hybridized carbons (Fsp3) is 0.914. The Bertz CT molecular complexity index is 1070. The van der Waals surface area contributed by atoms with Crippen molar-refractivity contribution >= 4 is 17.7 Å². The topological polar surface area (TPSA) is 145 Å². The Labute approximate surface area is 282 Å². The number of carbonyl (C=O) groups is 3. The first-order chi connectivity index (χ1) is 21.9. The van der Waals surface area contributed by atoms with E-state index in [9.17, 15) is 19.5 Å². The molecule has 12 nitrogen and oxygen atoms in total. The Balaban J connectivity index is 2.02.